The van der Waals surface area contributed by atoms with E-state index < -0.39 is 0 Å². The van der Waals surface area contributed by atoms with E-state index in [9.17, 15) is 9.59 Å². The lowest BCUT2D eigenvalue weighted by molar-refractivity contribution is -0.122. The van der Waals surface area contributed by atoms with Crippen LogP contribution < -0.4 is 4.74 Å². The maximum Gasteiger partial charge on any atom is 0.294 e. The summed E-state index contributed by atoms with van der Waals surface area (Å²) < 4.78 is 6.21. The fourth-order valence-electron chi connectivity index (χ4n) is 1.75. The molecule has 0 spiro atoms. The molecule has 1 fully saturated rings. The third-order valence-corrected chi connectivity index (χ3v) is 4.26. The number of terminal acetylenes is 1. The predicted molar refractivity (Wildman–Crippen MR) is 91.3 cm³/mol. The summed E-state index contributed by atoms with van der Waals surface area (Å²) in [5.41, 5.74) is 0.782. The largest absolute Gasteiger partial charge is 0.488 e. The van der Waals surface area contributed by atoms with Crippen molar-refractivity contribution in [2.45, 2.75) is 0 Å². The fourth-order valence-corrected chi connectivity index (χ4v) is 3.10. The summed E-state index contributed by atoms with van der Waals surface area (Å²) in [5.74, 6) is 2.62. The first-order chi connectivity index (χ1) is 10.6. The molecule has 6 heteroatoms. The van der Waals surface area contributed by atoms with Crippen LogP contribution in [0.2, 0.25) is 0 Å². The minimum absolute atomic E-state index is 0.0139. The number of hydrogen-bond acceptors (Lipinski definition) is 4. The molecule has 1 aliphatic rings. The van der Waals surface area contributed by atoms with E-state index in [1.54, 1.807) is 24.3 Å². The summed E-state index contributed by atoms with van der Waals surface area (Å²) in [4.78, 5) is 25.2. The second kappa shape index (κ2) is 7.34. The van der Waals surface area contributed by atoms with Gasteiger partial charge in [0, 0.05) is 0 Å². The zero-order chi connectivity index (χ0) is 16.1. The normalized spacial score (nSPS) is 16.0. The quantitative estimate of drug-likeness (QED) is 0.446. The number of benzene rings is 1. The standard InChI is InChI=1S/C16H12BrNO3S/c1-3-7-18-15(19)14(22-16(18)20)10-11-5-6-13(12(17)9-11)21-8-4-2/h1,4-6,9-10H,2,7-8H2. The Morgan fingerprint density at radius 1 is 1.45 bits per heavy atom. The molecule has 0 aromatic heterocycles. The Bertz CT molecular complexity index is 706. The second-order valence-electron chi connectivity index (χ2n) is 4.26. The Morgan fingerprint density at radius 2 is 2.23 bits per heavy atom. The number of amides is 2. The first-order valence-electron chi connectivity index (χ1n) is 6.29. The number of imide groups is 1. The highest BCUT2D eigenvalue weighted by atomic mass is 79.9. The molecular weight excluding hydrogens is 366 g/mol. The number of carbonyl (C=O) groups is 2. The van der Waals surface area contributed by atoms with Crippen molar-refractivity contribution in [3.05, 3.63) is 45.8 Å². The lowest BCUT2D eigenvalue weighted by atomic mass is 10.2. The molecule has 0 radical (unpaired) electrons. The summed E-state index contributed by atoms with van der Waals surface area (Å²) in [6, 6.07) is 5.40. The van der Waals surface area contributed by atoms with E-state index in [1.807, 2.05) is 6.07 Å². The average molecular weight is 378 g/mol. The van der Waals surface area contributed by atoms with Crippen molar-refractivity contribution in [1.82, 2.24) is 4.90 Å². The number of ether oxygens (including phenoxy) is 1. The highest BCUT2D eigenvalue weighted by Gasteiger charge is 2.34. The summed E-state index contributed by atoms with van der Waals surface area (Å²) in [6.45, 7) is 3.98. The minimum Gasteiger partial charge on any atom is -0.488 e. The van der Waals surface area contributed by atoms with Crippen molar-refractivity contribution < 1.29 is 14.3 Å². The molecule has 1 aliphatic heterocycles. The van der Waals surface area contributed by atoms with Gasteiger partial charge in [-0.3, -0.25) is 14.5 Å². The Balaban J connectivity index is 2.21. The molecule has 1 aromatic carbocycles. The maximum atomic E-state index is 12.1. The van der Waals surface area contributed by atoms with Crippen molar-refractivity contribution in [1.29, 1.82) is 0 Å². The fraction of sp³-hybridized carbons (Fsp3) is 0.125. The summed E-state index contributed by atoms with van der Waals surface area (Å²) in [6.07, 6.45) is 8.47. The van der Waals surface area contributed by atoms with Gasteiger partial charge in [-0.1, -0.05) is 24.6 Å². The lowest BCUT2D eigenvalue weighted by Crippen LogP contribution is -2.28. The Labute approximate surface area is 141 Å². The molecule has 0 atom stereocenters. The summed E-state index contributed by atoms with van der Waals surface area (Å²) in [5, 5.41) is -0.348. The molecule has 1 aromatic rings. The Morgan fingerprint density at radius 3 is 2.86 bits per heavy atom. The second-order valence-corrected chi connectivity index (χ2v) is 6.11. The van der Waals surface area contributed by atoms with Crippen LogP contribution >= 0.6 is 27.7 Å². The number of carbonyl (C=O) groups excluding carboxylic acids is 2. The van der Waals surface area contributed by atoms with Crippen LogP contribution in [0.5, 0.6) is 5.75 Å². The van der Waals surface area contributed by atoms with Crippen LogP contribution in [0, 0.1) is 12.3 Å². The van der Waals surface area contributed by atoms with Crippen molar-refractivity contribution in [3.63, 3.8) is 0 Å². The number of nitrogens with zero attached hydrogens (tertiary/aromatic N) is 1. The third kappa shape index (κ3) is 3.62. The zero-order valence-electron chi connectivity index (χ0n) is 11.5. The predicted octanol–water partition coefficient (Wildman–Crippen LogP) is 3.68. The van der Waals surface area contributed by atoms with E-state index in [-0.39, 0.29) is 17.7 Å². The topological polar surface area (TPSA) is 46.6 Å². The number of thioether (sulfide) groups is 1. The van der Waals surface area contributed by atoms with Crippen molar-refractivity contribution in [2.75, 3.05) is 13.2 Å². The molecule has 2 rings (SSSR count). The van der Waals surface area contributed by atoms with Crippen LogP contribution in [-0.4, -0.2) is 29.2 Å². The molecular formula is C16H12BrNO3S. The molecule has 112 valence electrons. The molecule has 1 heterocycles. The van der Waals surface area contributed by atoms with Crippen LogP contribution in [0.25, 0.3) is 6.08 Å². The average Bonchev–Trinajstić information content (AvgIpc) is 2.74. The van der Waals surface area contributed by atoms with Gasteiger partial charge in [0.2, 0.25) is 0 Å². The van der Waals surface area contributed by atoms with Crippen molar-refractivity contribution >= 4 is 44.9 Å². The first kappa shape index (κ1) is 16.4. The van der Waals surface area contributed by atoms with Crippen LogP contribution in [-0.2, 0) is 4.79 Å². The van der Waals surface area contributed by atoms with Gasteiger partial charge in [-0.05, 0) is 51.5 Å². The maximum absolute atomic E-state index is 12.1. The van der Waals surface area contributed by atoms with Gasteiger partial charge in [-0.25, -0.2) is 0 Å². The van der Waals surface area contributed by atoms with Gasteiger partial charge in [-0.2, -0.15) is 0 Å². The van der Waals surface area contributed by atoms with Crippen LogP contribution in [0.4, 0.5) is 4.79 Å². The van der Waals surface area contributed by atoms with E-state index in [0.29, 0.717) is 17.3 Å². The van der Waals surface area contributed by atoms with Gasteiger partial charge in [0.15, 0.2) is 0 Å². The van der Waals surface area contributed by atoms with Gasteiger partial charge in [0.25, 0.3) is 11.1 Å². The molecule has 0 unspecified atom stereocenters. The highest BCUT2D eigenvalue weighted by Crippen LogP contribution is 2.33. The Kier molecular flexibility index (Phi) is 5.47. The van der Waals surface area contributed by atoms with Crippen LogP contribution in [0.15, 0.2) is 40.2 Å². The molecule has 1 saturated heterocycles. The molecule has 0 N–H and O–H groups in total. The monoisotopic (exact) mass is 377 g/mol. The smallest absolute Gasteiger partial charge is 0.294 e. The minimum atomic E-state index is -0.365. The van der Waals surface area contributed by atoms with Gasteiger partial charge in [0.1, 0.15) is 12.4 Å². The highest BCUT2D eigenvalue weighted by molar-refractivity contribution is 9.10. The van der Waals surface area contributed by atoms with Crippen molar-refractivity contribution in [3.8, 4) is 18.1 Å². The summed E-state index contributed by atoms with van der Waals surface area (Å²) in [7, 11) is 0. The molecule has 22 heavy (non-hydrogen) atoms. The molecule has 4 nitrogen and oxygen atoms in total. The summed E-state index contributed by atoms with van der Waals surface area (Å²) >= 11 is 4.29. The third-order valence-electron chi connectivity index (χ3n) is 2.73. The molecule has 0 aliphatic carbocycles. The van der Waals surface area contributed by atoms with Gasteiger partial charge in [0.05, 0.1) is 15.9 Å². The number of hydrogen-bond donors (Lipinski definition) is 0. The van der Waals surface area contributed by atoms with Gasteiger partial charge < -0.3 is 4.74 Å². The first-order valence-corrected chi connectivity index (χ1v) is 7.90. The van der Waals surface area contributed by atoms with Crippen molar-refractivity contribution in [2.24, 2.45) is 0 Å². The van der Waals surface area contributed by atoms with Gasteiger partial charge in [-0.15, -0.1) is 6.42 Å². The van der Waals surface area contributed by atoms with Crippen LogP contribution in [0.3, 0.4) is 0 Å². The lowest BCUT2D eigenvalue weighted by Gasteiger charge is -2.07. The molecule has 0 bridgehead atoms. The SMILES string of the molecule is C#CCN1C(=O)SC(=Cc2ccc(OCC=C)c(Br)c2)C1=O. The Hall–Kier alpha value is -1.97. The molecule has 0 saturated carbocycles. The van der Waals surface area contributed by atoms with Crippen LogP contribution in [0.1, 0.15) is 5.56 Å². The van der Waals surface area contributed by atoms with E-state index >= 15 is 0 Å². The number of halogens is 1. The molecule has 2 amide bonds. The zero-order valence-corrected chi connectivity index (χ0v) is 13.9. The van der Waals surface area contributed by atoms with E-state index in [0.717, 1.165) is 26.7 Å². The van der Waals surface area contributed by atoms with E-state index in [4.69, 9.17) is 11.2 Å². The van der Waals surface area contributed by atoms with E-state index in [2.05, 4.69) is 28.4 Å². The number of rotatable bonds is 5. The van der Waals surface area contributed by atoms with E-state index in [1.165, 1.54) is 0 Å². The van der Waals surface area contributed by atoms with Gasteiger partial charge >= 0.3 is 0 Å².